The number of benzene rings is 1. The van der Waals surface area contributed by atoms with Gasteiger partial charge in [0, 0.05) is 18.2 Å². The van der Waals surface area contributed by atoms with E-state index in [0.29, 0.717) is 11.5 Å². The topological polar surface area (TPSA) is 123 Å². The third-order valence-electron chi connectivity index (χ3n) is 2.74. The first-order valence-corrected chi connectivity index (χ1v) is 6.24. The lowest BCUT2D eigenvalue weighted by Crippen LogP contribution is -2.11. The van der Waals surface area contributed by atoms with Crippen molar-refractivity contribution in [1.29, 1.82) is 5.26 Å². The number of nitro groups is 1. The number of nitrogens with one attached hydrogen (secondary N) is 1. The standard InChI is InChI=1S/C13H14N6O2/c1-8(2)16-13-11(7-14)12(15)18(17-13)9-4-3-5-10(6-9)19(20)21/h3-6,8H,15H2,1-2H3,(H,16,17). The van der Waals surface area contributed by atoms with E-state index in [-0.39, 0.29) is 23.1 Å². The Morgan fingerprint density at radius 2 is 2.24 bits per heavy atom. The summed E-state index contributed by atoms with van der Waals surface area (Å²) in [5, 5.41) is 27.3. The molecule has 0 bridgehead atoms. The van der Waals surface area contributed by atoms with E-state index in [0.717, 1.165) is 0 Å². The Hall–Kier alpha value is -3.08. The molecule has 2 aromatic rings. The number of nitro benzene ring substituents is 1. The molecule has 21 heavy (non-hydrogen) atoms. The van der Waals surface area contributed by atoms with Gasteiger partial charge >= 0.3 is 0 Å². The van der Waals surface area contributed by atoms with Crippen LogP contribution in [0.2, 0.25) is 0 Å². The van der Waals surface area contributed by atoms with Crippen molar-refractivity contribution >= 4 is 17.3 Å². The fourth-order valence-electron chi connectivity index (χ4n) is 1.85. The minimum Gasteiger partial charge on any atom is -0.382 e. The van der Waals surface area contributed by atoms with E-state index in [9.17, 15) is 15.4 Å². The zero-order valence-electron chi connectivity index (χ0n) is 11.6. The van der Waals surface area contributed by atoms with Gasteiger partial charge in [-0.15, -0.1) is 5.10 Å². The molecular formula is C13H14N6O2. The number of hydrogen-bond donors (Lipinski definition) is 2. The molecule has 1 aromatic heterocycles. The Morgan fingerprint density at radius 3 is 2.81 bits per heavy atom. The molecule has 0 saturated carbocycles. The van der Waals surface area contributed by atoms with E-state index < -0.39 is 4.92 Å². The van der Waals surface area contributed by atoms with Gasteiger partial charge in [0.2, 0.25) is 0 Å². The van der Waals surface area contributed by atoms with Crippen LogP contribution in [0.4, 0.5) is 17.3 Å². The number of hydrogen-bond acceptors (Lipinski definition) is 6. The van der Waals surface area contributed by atoms with Gasteiger partial charge in [-0.1, -0.05) is 6.07 Å². The van der Waals surface area contributed by atoms with Crippen LogP contribution >= 0.6 is 0 Å². The minimum absolute atomic E-state index is 0.0701. The Kier molecular flexibility index (Phi) is 3.75. The monoisotopic (exact) mass is 286 g/mol. The number of rotatable bonds is 4. The van der Waals surface area contributed by atoms with E-state index in [1.165, 1.54) is 22.9 Å². The van der Waals surface area contributed by atoms with Crippen molar-refractivity contribution in [2.24, 2.45) is 0 Å². The predicted molar refractivity (Wildman–Crippen MR) is 78.1 cm³/mol. The Labute approximate surface area is 120 Å². The Balaban J connectivity index is 2.54. The fraction of sp³-hybridized carbons (Fsp3) is 0.231. The SMILES string of the molecule is CC(C)Nc1nn(-c2cccc([N+](=O)[O-])c2)c(N)c1C#N. The lowest BCUT2D eigenvalue weighted by Gasteiger charge is -2.06. The highest BCUT2D eigenvalue weighted by Crippen LogP contribution is 2.26. The van der Waals surface area contributed by atoms with Crippen LogP contribution in [0, 0.1) is 21.4 Å². The second-order valence-electron chi connectivity index (χ2n) is 4.71. The smallest absolute Gasteiger partial charge is 0.271 e. The van der Waals surface area contributed by atoms with Crippen molar-refractivity contribution in [3.8, 4) is 11.8 Å². The van der Waals surface area contributed by atoms with Gasteiger partial charge in [0.25, 0.3) is 5.69 Å². The summed E-state index contributed by atoms with van der Waals surface area (Å²) in [6.07, 6.45) is 0. The van der Waals surface area contributed by atoms with Crippen LogP contribution < -0.4 is 11.1 Å². The number of non-ortho nitro benzene ring substituents is 1. The molecule has 0 aliphatic carbocycles. The first-order valence-electron chi connectivity index (χ1n) is 6.24. The average molecular weight is 286 g/mol. The van der Waals surface area contributed by atoms with E-state index in [2.05, 4.69) is 10.4 Å². The number of anilines is 2. The molecule has 0 aliphatic heterocycles. The molecule has 0 unspecified atom stereocenters. The zero-order chi connectivity index (χ0) is 15.6. The lowest BCUT2D eigenvalue weighted by atomic mass is 10.2. The average Bonchev–Trinajstić information content (AvgIpc) is 2.74. The van der Waals surface area contributed by atoms with E-state index in [1.807, 2.05) is 19.9 Å². The van der Waals surface area contributed by atoms with Gasteiger partial charge in [-0.3, -0.25) is 10.1 Å². The number of nitrogens with two attached hydrogens (primary N) is 1. The van der Waals surface area contributed by atoms with Crippen molar-refractivity contribution in [3.63, 3.8) is 0 Å². The van der Waals surface area contributed by atoms with Gasteiger partial charge < -0.3 is 11.1 Å². The normalized spacial score (nSPS) is 10.4. The van der Waals surface area contributed by atoms with Gasteiger partial charge in [-0.2, -0.15) is 5.26 Å². The predicted octanol–water partition coefficient (Wildman–Crippen LogP) is 2.05. The molecule has 0 radical (unpaired) electrons. The van der Waals surface area contributed by atoms with Crippen LogP contribution in [-0.4, -0.2) is 20.7 Å². The maximum Gasteiger partial charge on any atom is 0.271 e. The third-order valence-corrected chi connectivity index (χ3v) is 2.74. The first-order chi connectivity index (χ1) is 9.93. The summed E-state index contributed by atoms with van der Waals surface area (Å²) in [4.78, 5) is 10.3. The lowest BCUT2D eigenvalue weighted by molar-refractivity contribution is -0.384. The highest BCUT2D eigenvalue weighted by molar-refractivity contribution is 5.66. The number of nitrogens with zero attached hydrogens (tertiary/aromatic N) is 4. The zero-order valence-corrected chi connectivity index (χ0v) is 11.6. The van der Waals surface area contributed by atoms with Crippen molar-refractivity contribution in [2.45, 2.75) is 19.9 Å². The van der Waals surface area contributed by atoms with E-state index in [4.69, 9.17) is 5.73 Å². The molecule has 1 aromatic carbocycles. The van der Waals surface area contributed by atoms with Crippen LogP contribution in [0.5, 0.6) is 0 Å². The quantitative estimate of drug-likeness (QED) is 0.655. The van der Waals surface area contributed by atoms with E-state index in [1.54, 1.807) is 6.07 Å². The van der Waals surface area contributed by atoms with Gasteiger partial charge in [0.1, 0.15) is 17.5 Å². The summed E-state index contributed by atoms with van der Waals surface area (Å²) in [6, 6.07) is 7.97. The molecular weight excluding hydrogens is 272 g/mol. The molecule has 8 heteroatoms. The van der Waals surface area contributed by atoms with Crippen LogP contribution in [0.15, 0.2) is 24.3 Å². The second-order valence-corrected chi connectivity index (χ2v) is 4.71. The Bertz CT molecular complexity index is 729. The highest BCUT2D eigenvalue weighted by Gasteiger charge is 2.18. The summed E-state index contributed by atoms with van der Waals surface area (Å²) >= 11 is 0. The Morgan fingerprint density at radius 1 is 1.52 bits per heavy atom. The molecule has 108 valence electrons. The molecule has 0 atom stereocenters. The maximum atomic E-state index is 10.8. The summed E-state index contributed by atoms with van der Waals surface area (Å²) in [6.45, 7) is 3.81. The van der Waals surface area contributed by atoms with Gasteiger partial charge in [0.15, 0.2) is 5.82 Å². The molecule has 3 N–H and O–H groups in total. The molecule has 8 nitrogen and oxygen atoms in total. The van der Waals surface area contributed by atoms with E-state index >= 15 is 0 Å². The fourth-order valence-corrected chi connectivity index (χ4v) is 1.85. The summed E-state index contributed by atoms with van der Waals surface area (Å²) in [5.41, 5.74) is 6.49. The van der Waals surface area contributed by atoms with Gasteiger partial charge in [-0.05, 0) is 19.9 Å². The molecule has 0 spiro atoms. The molecule has 2 rings (SSSR count). The van der Waals surface area contributed by atoms with Crippen LogP contribution in [-0.2, 0) is 0 Å². The summed E-state index contributed by atoms with van der Waals surface area (Å²) in [5.74, 6) is 0.498. The van der Waals surface area contributed by atoms with Crippen molar-refractivity contribution in [1.82, 2.24) is 9.78 Å². The number of nitriles is 1. The largest absolute Gasteiger partial charge is 0.382 e. The van der Waals surface area contributed by atoms with Crippen molar-refractivity contribution < 1.29 is 4.92 Å². The minimum atomic E-state index is -0.498. The summed E-state index contributed by atoms with van der Waals surface area (Å²) in [7, 11) is 0. The van der Waals surface area contributed by atoms with Gasteiger partial charge in [-0.25, -0.2) is 4.68 Å². The molecule has 0 saturated heterocycles. The van der Waals surface area contributed by atoms with Crippen LogP contribution in [0.3, 0.4) is 0 Å². The highest BCUT2D eigenvalue weighted by atomic mass is 16.6. The second kappa shape index (κ2) is 5.50. The van der Waals surface area contributed by atoms with Crippen molar-refractivity contribution in [3.05, 3.63) is 39.9 Å². The maximum absolute atomic E-state index is 10.8. The van der Waals surface area contributed by atoms with Crippen LogP contribution in [0.25, 0.3) is 5.69 Å². The number of aromatic nitrogens is 2. The van der Waals surface area contributed by atoms with Crippen LogP contribution in [0.1, 0.15) is 19.4 Å². The van der Waals surface area contributed by atoms with Gasteiger partial charge in [0.05, 0.1) is 10.6 Å². The molecule has 0 aliphatic rings. The molecule has 0 amide bonds. The molecule has 0 fully saturated rings. The van der Waals surface area contributed by atoms with Crippen molar-refractivity contribution in [2.75, 3.05) is 11.1 Å². The third kappa shape index (κ3) is 2.76. The number of nitrogen functional groups attached to an aromatic ring is 1. The first kappa shape index (κ1) is 14.3. The summed E-state index contributed by atoms with van der Waals surface area (Å²) < 4.78 is 1.32. The molecule has 1 heterocycles.